The molecule has 0 N–H and O–H groups in total. The standard InChI is InChI=1S/C19H23NO3/c1-14-5-4-6-15(11-14)9-10-19(23-3)12-16-7-8-17(13-19)20(16)18(21)22-2/h4-6,11,16-17H,7-8,12-13H2,1-3H3/t16-,17-/m1/s1. The van der Waals surface area contributed by atoms with E-state index in [2.05, 4.69) is 30.9 Å². The molecular weight excluding hydrogens is 290 g/mol. The van der Waals surface area contributed by atoms with Gasteiger partial charge in [-0.25, -0.2) is 4.79 Å². The topological polar surface area (TPSA) is 38.8 Å². The highest BCUT2D eigenvalue weighted by molar-refractivity contribution is 5.69. The lowest BCUT2D eigenvalue weighted by Crippen LogP contribution is -2.53. The first-order valence-corrected chi connectivity index (χ1v) is 8.08. The molecule has 0 aliphatic carbocycles. The zero-order chi connectivity index (χ0) is 16.4. The molecule has 0 unspecified atom stereocenters. The van der Waals surface area contributed by atoms with Crippen molar-refractivity contribution in [2.75, 3.05) is 14.2 Å². The van der Waals surface area contributed by atoms with Gasteiger partial charge in [-0.15, -0.1) is 0 Å². The van der Waals surface area contributed by atoms with Gasteiger partial charge >= 0.3 is 6.09 Å². The second-order valence-corrected chi connectivity index (χ2v) is 6.49. The Labute approximate surface area is 137 Å². The van der Waals surface area contributed by atoms with Crippen LogP contribution in [0, 0.1) is 18.8 Å². The van der Waals surface area contributed by atoms with Crippen molar-refractivity contribution in [3.8, 4) is 11.8 Å². The molecule has 1 aromatic carbocycles. The van der Waals surface area contributed by atoms with Gasteiger partial charge in [0.25, 0.3) is 0 Å². The Morgan fingerprint density at radius 3 is 2.52 bits per heavy atom. The van der Waals surface area contributed by atoms with Crippen molar-refractivity contribution < 1.29 is 14.3 Å². The van der Waals surface area contributed by atoms with E-state index in [9.17, 15) is 4.79 Å². The highest BCUT2D eigenvalue weighted by Gasteiger charge is 2.50. The molecule has 2 aliphatic heterocycles. The van der Waals surface area contributed by atoms with E-state index in [1.165, 1.54) is 12.7 Å². The average Bonchev–Trinajstić information content (AvgIpc) is 2.84. The van der Waals surface area contributed by atoms with Crippen molar-refractivity contribution in [3.05, 3.63) is 35.4 Å². The molecular formula is C19H23NO3. The number of ether oxygens (including phenoxy) is 2. The number of amides is 1. The minimum atomic E-state index is -0.472. The molecule has 23 heavy (non-hydrogen) atoms. The van der Waals surface area contributed by atoms with E-state index in [-0.39, 0.29) is 18.2 Å². The van der Waals surface area contributed by atoms with Crippen LogP contribution in [0.4, 0.5) is 4.79 Å². The zero-order valence-corrected chi connectivity index (χ0v) is 14.0. The second-order valence-electron chi connectivity index (χ2n) is 6.49. The van der Waals surface area contributed by atoms with Crippen LogP contribution in [0.15, 0.2) is 24.3 Å². The van der Waals surface area contributed by atoms with Gasteiger partial charge in [0.2, 0.25) is 0 Å². The summed E-state index contributed by atoms with van der Waals surface area (Å²) >= 11 is 0. The molecule has 4 heteroatoms. The summed E-state index contributed by atoms with van der Waals surface area (Å²) in [5.41, 5.74) is 1.73. The normalized spacial score (nSPS) is 28.9. The molecule has 122 valence electrons. The van der Waals surface area contributed by atoms with Crippen LogP contribution < -0.4 is 0 Å². The number of rotatable bonds is 1. The Kier molecular flexibility index (Phi) is 4.32. The summed E-state index contributed by atoms with van der Waals surface area (Å²) < 4.78 is 10.7. The predicted molar refractivity (Wildman–Crippen MR) is 88.1 cm³/mol. The van der Waals surface area contributed by atoms with Gasteiger partial charge in [0.15, 0.2) is 0 Å². The number of methoxy groups -OCH3 is 2. The van der Waals surface area contributed by atoms with Crippen molar-refractivity contribution in [2.45, 2.75) is 50.3 Å². The molecule has 0 aromatic heterocycles. The lowest BCUT2D eigenvalue weighted by atomic mass is 9.86. The van der Waals surface area contributed by atoms with E-state index in [0.29, 0.717) is 0 Å². The first kappa shape index (κ1) is 15.9. The van der Waals surface area contributed by atoms with Crippen LogP contribution in [0.1, 0.15) is 36.8 Å². The molecule has 1 amide bonds. The number of fused-ring (bicyclic) bond motifs is 2. The SMILES string of the molecule is COC(=O)N1[C@@H]2CC[C@@H]1CC(C#Cc1cccc(C)c1)(OC)C2. The van der Waals surface area contributed by atoms with E-state index in [1.807, 2.05) is 17.0 Å². The number of piperidine rings is 1. The first-order chi connectivity index (χ1) is 11.1. The maximum atomic E-state index is 12.0. The molecule has 4 nitrogen and oxygen atoms in total. The summed E-state index contributed by atoms with van der Waals surface area (Å²) in [7, 11) is 3.16. The zero-order valence-electron chi connectivity index (χ0n) is 14.0. The minimum Gasteiger partial charge on any atom is -0.453 e. The first-order valence-electron chi connectivity index (χ1n) is 8.08. The lowest BCUT2D eigenvalue weighted by Gasteiger charge is -2.42. The Morgan fingerprint density at radius 2 is 1.96 bits per heavy atom. The number of nitrogens with zero attached hydrogens (tertiary/aromatic N) is 1. The van der Waals surface area contributed by atoms with Crippen LogP contribution in [0.25, 0.3) is 0 Å². The van der Waals surface area contributed by atoms with E-state index in [0.717, 1.165) is 31.2 Å². The Hall–Kier alpha value is -1.99. The predicted octanol–water partition coefficient (Wildman–Crippen LogP) is 3.12. The van der Waals surface area contributed by atoms with Crippen LogP contribution in [-0.4, -0.2) is 42.9 Å². The summed E-state index contributed by atoms with van der Waals surface area (Å²) in [5.74, 6) is 6.62. The molecule has 2 bridgehead atoms. The summed E-state index contributed by atoms with van der Waals surface area (Å²) in [6.07, 6.45) is 3.25. The number of carbonyl (C=O) groups excluding carboxylic acids is 1. The summed E-state index contributed by atoms with van der Waals surface area (Å²) in [5, 5.41) is 0. The largest absolute Gasteiger partial charge is 0.453 e. The van der Waals surface area contributed by atoms with Gasteiger partial charge in [0.1, 0.15) is 5.60 Å². The van der Waals surface area contributed by atoms with Gasteiger partial charge in [0, 0.05) is 37.6 Å². The molecule has 0 saturated carbocycles. The van der Waals surface area contributed by atoms with Crippen LogP contribution in [0.2, 0.25) is 0 Å². The van der Waals surface area contributed by atoms with Gasteiger partial charge < -0.3 is 14.4 Å². The summed E-state index contributed by atoms with van der Waals surface area (Å²) in [6, 6.07) is 8.49. The van der Waals surface area contributed by atoms with Gasteiger partial charge in [-0.1, -0.05) is 24.0 Å². The molecule has 0 radical (unpaired) electrons. The molecule has 3 rings (SSSR count). The fraction of sp³-hybridized carbons (Fsp3) is 0.526. The van der Waals surface area contributed by atoms with Crippen LogP contribution in [0.5, 0.6) is 0 Å². The number of benzene rings is 1. The van der Waals surface area contributed by atoms with Crippen molar-refractivity contribution in [3.63, 3.8) is 0 Å². The van der Waals surface area contributed by atoms with Crippen molar-refractivity contribution in [1.29, 1.82) is 0 Å². The van der Waals surface area contributed by atoms with Crippen LogP contribution in [0.3, 0.4) is 0 Å². The number of carbonyl (C=O) groups is 1. The number of hydrogen-bond acceptors (Lipinski definition) is 3. The van der Waals surface area contributed by atoms with Crippen molar-refractivity contribution >= 4 is 6.09 Å². The van der Waals surface area contributed by atoms with E-state index in [4.69, 9.17) is 9.47 Å². The highest BCUT2D eigenvalue weighted by atomic mass is 16.5. The van der Waals surface area contributed by atoms with E-state index < -0.39 is 5.60 Å². The minimum absolute atomic E-state index is 0.160. The molecule has 2 saturated heterocycles. The van der Waals surface area contributed by atoms with Gasteiger partial charge in [0.05, 0.1) is 7.11 Å². The summed E-state index contributed by atoms with van der Waals surface area (Å²) in [4.78, 5) is 13.9. The maximum Gasteiger partial charge on any atom is 0.409 e. The molecule has 0 spiro atoms. The molecule has 1 aromatic rings. The average molecular weight is 313 g/mol. The van der Waals surface area contributed by atoms with Crippen LogP contribution >= 0.6 is 0 Å². The second kappa shape index (κ2) is 6.25. The highest BCUT2D eigenvalue weighted by Crippen LogP contribution is 2.42. The van der Waals surface area contributed by atoms with E-state index in [1.54, 1.807) is 7.11 Å². The van der Waals surface area contributed by atoms with Crippen molar-refractivity contribution in [2.24, 2.45) is 0 Å². The fourth-order valence-electron chi connectivity index (χ4n) is 3.84. The molecule has 2 aliphatic rings. The molecule has 2 atom stereocenters. The Bertz CT molecular complexity index is 644. The van der Waals surface area contributed by atoms with Crippen molar-refractivity contribution in [1.82, 2.24) is 4.90 Å². The van der Waals surface area contributed by atoms with E-state index >= 15 is 0 Å². The lowest BCUT2D eigenvalue weighted by molar-refractivity contribution is -0.0366. The fourth-order valence-corrected chi connectivity index (χ4v) is 3.84. The van der Waals surface area contributed by atoms with Gasteiger partial charge in [-0.3, -0.25) is 0 Å². The molecule has 2 heterocycles. The third-order valence-corrected chi connectivity index (χ3v) is 4.98. The summed E-state index contributed by atoms with van der Waals surface area (Å²) in [6.45, 7) is 2.06. The Balaban J connectivity index is 1.83. The van der Waals surface area contributed by atoms with Crippen LogP contribution in [-0.2, 0) is 9.47 Å². The van der Waals surface area contributed by atoms with Gasteiger partial charge in [-0.2, -0.15) is 0 Å². The smallest absolute Gasteiger partial charge is 0.409 e. The Morgan fingerprint density at radius 1 is 1.26 bits per heavy atom. The number of aryl methyl sites for hydroxylation is 1. The van der Waals surface area contributed by atoms with Gasteiger partial charge in [-0.05, 0) is 37.5 Å². The monoisotopic (exact) mass is 313 g/mol. The third-order valence-electron chi connectivity index (χ3n) is 4.98. The molecule has 2 fully saturated rings. The third kappa shape index (κ3) is 3.07. The quantitative estimate of drug-likeness (QED) is 0.748. The maximum absolute atomic E-state index is 12.0. The number of hydrogen-bond donors (Lipinski definition) is 0.